The number of rotatable bonds is 4. The van der Waals surface area contributed by atoms with Crippen molar-refractivity contribution in [3.05, 3.63) is 71.4 Å². The number of fused-ring (bicyclic) bond motifs is 1. The Bertz CT molecular complexity index is 1270. The first-order chi connectivity index (χ1) is 17.2. The fourth-order valence-electron chi connectivity index (χ4n) is 4.36. The van der Waals surface area contributed by atoms with Gasteiger partial charge < -0.3 is 4.90 Å². The van der Waals surface area contributed by atoms with Gasteiger partial charge in [-0.2, -0.15) is 18.3 Å². The van der Waals surface area contributed by atoms with Gasteiger partial charge in [0.2, 0.25) is 11.8 Å². The van der Waals surface area contributed by atoms with Crippen molar-refractivity contribution >= 4 is 17.6 Å². The van der Waals surface area contributed by atoms with Crippen LogP contribution in [0.1, 0.15) is 16.8 Å². The van der Waals surface area contributed by atoms with E-state index in [0.717, 1.165) is 23.0 Å². The Morgan fingerprint density at radius 1 is 1.00 bits per heavy atom. The van der Waals surface area contributed by atoms with Gasteiger partial charge in [0.1, 0.15) is 11.6 Å². The monoisotopic (exact) mass is 502 g/mol. The van der Waals surface area contributed by atoms with Gasteiger partial charge in [0.25, 0.3) is 0 Å². The van der Waals surface area contributed by atoms with Crippen LogP contribution in [0.15, 0.2) is 48.8 Å². The van der Waals surface area contributed by atoms with Gasteiger partial charge in [0.15, 0.2) is 0 Å². The summed E-state index contributed by atoms with van der Waals surface area (Å²) < 4.78 is 53.2. The minimum absolute atomic E-state index is 0.0317. The number of carbonyl (C=O) groups excluding carboxylic acids is 2. The van der Waals surface area contributed by atoms with Crippen molar-refractivity contribution in [1.29, 1.82) is 0 Å². The van der Waals surface area contributed by atoms with Gasteiger partial charge >= 0.3 is 6.18 Å². The van der Waals surface area contributed by atoms with Crippen molar-refractivity contribution in [1.82, 2.24) is 24.6 Å². The van der Waals surface area contributed by atoms with E-state index in [9.17, 15) is 27.2 Å². The second-order valence-electron chi connectivity index (χ2n) is 8.75. The summed E-state index contributed by atoms with van der Waals surface area (Å²) in [5.41, 5.74) is 1.64. The Morgan fingerprint density at radius 3 is 2.44 bits per heavy atom. The summed E-state index contributed by atoms with van der Waals surface area (Å²) in [6.45, 7) is 1.52. The zero-order valence-electron chi connectivity index (χ0n) is 19.1. The lowest BCUT2D eigenvalue weighted by Crippen LogP contribution is -2.53. The van der Waals surface area contributed by atoms with Crippen LogP contribution in [0.4, 0.5) is 23.4 Å². The third kappa shape index (κ3) is 4.94. The summed E-state index contributed by atoms with van der Waals surface area (Å²) in [6.07, 6.45) is -1.37. The fourth-order valence-corrected chi connectivity index (χ4v) is 4.36. The number of hydrogen-bond donors (Lipinski definition) is 0. The van der Waals surface area contributed by atoms with Crippen molar-refractivity contribution < 1.29 is 27.2 Å². The molecule has 3 aromatic rings. The zero-order valence-corrected chi connectivity index (χ0v) is 19.1. The first kappa shape index (κ1) is 23.9. The molecule has 2 aromatic heterocycles. The fraction of sp³-hybridized carbons (Fsp3) is 0.333. The number of amides is 2. The van der Waals surface area contributed by atoms with E-state index in [1.165, 1.54) is 23.1 Å². The molecule has 188 valence electrons. The van der Waals surface area contributed by atoms with Crippen LogP contribution in [0.25, 0.3) is 5.69 Å². The molecule has 0 unspecified atom stereocenters. The lowest BCUT2D eigenvalue weighted by molar-refractivity contribution is -0.138. The van der Waals surface area contributed by atoms with Crippen molar-refractivity contribution in [3.8, 4) is 5.69 Å². The van der Waals surface area contributed by atoms with Crippen LogP contribution in [0.2, 0.25) is 0 Å². The third-order valence-corrected chi connectivity index (χ3v) is 6.31. The molecule has 0 radical (unpaired) electrons. The van der Waals surface area contributed by atoms with Crippen LogP contribution in [-0.2, 0) is 28.7 Å². The molecule has 1 fully saturated rings. The maximum Gasteiger partial charge on any atom is 0.417 e. The maximum atomic E-state index is 13.2. The summed E-state index contributed by atoms with van der Waals surface area (Å²) in [7, 11) is 0. The zero-order chi connectivity index (χ0) is 25.4. The van der Waals surface area contributed by atoms with E-state index in [1.807, 2.05) is 6.20 Å². The molecule has 36 heavy (non-hydrogen) atoms. The van der Waals surface area contributed by atoms with Crippen molar-refractivity contribution in [2.24, 2.45) is 0 Å². The smallest absolute Gasteiger partial charge is 0.337 e. The number of pyridine rings is 1. The highest BCUT2D eigenvalue weighted by Crippen LogP contribution is 2.29. The third-order valence-electron chi connectivity index (χ3n) is 6.31. The molecule has 2 aliphatic heterocycles. The highest BCUT2D eigenvalue weighted by atomic mass is 19.4. The molecular formula is C24H22F4N6O2. The number of nitrogens with zero attached hydrogens (tertiary/aromatic N) is 6. The summed E-state index contributed by atoms with van der Waals surface area (Å²) >= 11 is 0. The van der Waals surface area contributed by atoms with Crippen LogP contribution < -0.4 is 4.90 Å². The van der Waals surface area contributed by atoms with E-state index in [-0.39, 0.29) is 43.1 Å². The van der Waals surface area contributed by atoms with E-state index in [4.69, 9.17) is 0 Å². The molecule has 0 saturated carbocycles. The van der Waals surface area contributed by atoms with Gasteiger partial charge in [-0.05, 0) is 36.4 Å². The molecular weight excluding hydrogens is 480 g/mol. The van der Waals surface area contributed by atoms with Gasteiger partial charge in [-0.1, -0.05) is 0 Å². The number of halogens is 4. The Labute approximate surface area is 203 Å². The maximum absolute atomic E-state index is 13.2. The number of aromatic nitrogens is 3. The molecule has 1 saturated heterocycles. The second kappa shape index (κ2) is 9.34. The minimum atomic E-state index is -4.50. The molecule has 0 bridgehead atoms. The average Bonchev–Trinajstić information content (AvgIpc) is 3.27. The summed E-state index contributed by atoms with van der Waals surface area (Å²) in [6, 6.07) is 8.06. The molecule has 0 spiro atoms. The molecule has 2 aliphatic rings. The van der Waals surface area contributed by atoms with Gasteiger partial charge in [0, 0.05) is 50.6 Å². The van der Waals surface area contributed by atoms with Gasteiger partial charge in [-0.3, -0.25) is 19.4 Å². The Balaban J connectivity index is 1.17. The Morgan fingerprint density at radius 2 is 1.78 bits per heavy atom. The molecule has 0 atom stereocenters. The highest BCUT2D eigenvalue weighted by molar-refractivity contribution is 5.95. The van der Waals surface area contributed by atoms with E-state index in [1.54, 1.807) is 26.6 Å². The molecule has 1 aromatic carbocycles. The quantitative estimate of drug-likeness (QED) is 0.513. The van der Waals surface area contributed by atoms with Gasteiger partial charge in [-0.15, -0.1) is 0 Å². The Hall–Kier alpha value is -3.80. The molecule has 2 amide bonds. The SMILES string of the molecule is O=C(CN1CCN(c2ccc(C(F)(F)F)cn2)C(=O)C1)N1CCc2nn(-c3ccc(F)cc3)cc2C1. The number of alkyl halides is 3. The van der Waals surface area contributed by atoms with E-state index in [0.29, 0.717) is 32.3 Å². The first-order valence-electron chi connectivity index (χ1n) is 11.3. The lowest BCUT2D eigenvalue weighted by atomic mass is 10.1. The lowest BCUT2D eigenvalue weighted by Gasteiger charge is -2.35. The molecule has 5 rings (SSSR count). The molecule has 4 heterocycles. The van der Waals surface area contributed by atoms with Gasteiger partial charge in [-0.25, -0.2) is 14.1 Å². The summed E-state index contributed by atoms with van der Waals surface area (Å²) in [5.74, 6) is -0.630. The van der Waals surface area contributed by atoms with Crippen LogP contribution in [0, 0.1) is 5.82 Å². The van der Waals surface area contributed by atoms with E-state index >= 15 is 0 Å². The largest absolute Gasteiger partial charge is 0.417 e. The van der Waals surface area contributed by atoms with Gasteiger partial charge in [0.05, 0.1) is 30.0 Å². The highest BCUT2D eigenvalue weighted by Gasteiger charge is 2.33. The van der Waals surface area contributed by atoms with Crippen LogP contribution in [0.5, 0.6) is 0 Å². The average molecular weight is 502 g/mol. The van der Waals surface area contributed by atoms with E-state index in [2.05, 4.69) is 10.1 Å². The first-order valence-corrected chi connectivity index (χ1v) is 11.3. The molecule has 0 aliphatic carbocycles. The predicted octanol–water partition coefficient (Wildman–Crippen LogP) is 2.66. The standard InChI is InChI=1S/C24H22F4N6O2/c25-18-2-4-19(5-3-18)34-13-16-12-32(8-7-20(16)30-34)22(35)14-31-9-10-33(23(36)15-31)21-6-1-17(11-29-21)24(26,27)28/h1-6,11,13H,7-10,12,14-15H2. The molecule has 0 N–H and O–H groups in total. The number of carbonyl (C=O) groups is 2. The predicted molar refractivity (Wildman–Crippen MR) is 121 cm³/mol. The van der Waals surface area contributed by atoms with E-state index < -0.39 is 11.7 Å². The van der Waals surface area contributed by atoms with Crippen molar-refractivity contribution in [2.75, 3.05) is 37.6 Å². The second-order valence-corrected chi connectivity index (χ2v) is 8.75. The number of benzene rings is 1. The van der Waals surface area contributed by atoms with Crippen LogP contribution >= 0.6 is 0 Å². The number of piperazine rings is 1. The normalized spacial score (nSPS) is 16.8. The molecule has 8 nitrogen and oxygen atoms in total. The minimum Gasteiger partial charge on any atom is -0.337 e. The van der Waals surface area contributed by atoms with Crippen LogP contribution in [0.3, 0.4) is 0 Å². The Kier molecular flexibility index (Phi) is 6.20. The molecule has 12 heteroatoms. The van der Waals surface area contributed by atoms with Crippen molar-refractivity contribution in [3.63, 3.8) is 0 Å². The van der Waals surface area contributed by atoms with Crippen LogP contribution in [-0.4, -0.2) is 69.1 Å². The summed E-state index contributed by atoms with van der Waals surface area (Å²) in [4.78, 5) is 34.1. The number of anilines is 1. The topological polar surface area (TPSA) is 74.6 Å². The van der Waals surface area contributed by atoms with Crippen molar-refractivity contribution in [2.45, 2.75) is 19.1 Å². The summed E-state index contributed by atoms with van der Waals surface area (Å²) in [5, 5.41) is 4.55. The number of hydrogen-bond acceptors (Lipinski definition) is 5.